The molecule has 1 unspecified atom stereocenters. The van der Waals surface area contributed by atoms with Crippen LogP contribution >= 0.6 is 0 Å². The Morgan fingerprint density at radius 1 is 1.26 bits per heavy atom. The highest BCUT2D eigenvalue weighted by Crippen LogP contribution is 2.36. The number of sulfonamides is 1. The first-order valence-electron chi connectivity index (χ1n) is 11.8. The van der Waals surface area contributed by atoms with Gasteiger partial charge >= 0.3 is 11.9 Å². The third-order valence-corrected chi connectivity index (χ3v) is 8.55. The van der Waals surface area contributed by atoms with E-state index >= 15 is 0 Å². The van der Waals surface area contributed by atoms with Crippen molar-refractivity contribution in [2.75, 3.05) is 39.4 Å². The fourth-order valence-corrected chi connectivity index (χ4v) is 6.07. The van der Waals surface area contributed by atoms with Crippen molar-refractivity contribution in [2.24, 2.45) is 0 Å². The first kappa shape index (κ1) is 24.0. The molecule has 2 aliphatic carbocycles. The average Bonchev–Trinajstić information content (AvgIpc) is 3.40. The maximum atomic E-state index is 13.5. The molecule has 3 amide bonds. The van der Waals surface area contributed by atoms with Crippen molar-refractivity contribution in [3.05, 3.63) is 41.3 Å². The Bertz CT molecular complexity index is 1240. The molecule has 0 spiro atoms. The number of fused-ring (bicyclic) bond motifs is 1. The third-order valence-electron chi connectivity index (χ3n) is 6.76. The molecule has 1 N–H and O–H groups in total. The molecule has 188 valence electrons. The molecule has 1 atom stereocenters. The summed E-state index contributed by atoms with van der Waals surface area (Å²) in [5, 5.41) is 2.83. The van der Waals surface area contributed by atoms with Crippen molar-refractivity contribution in [3.8, 4) is 0 Å². The lowest BCUT2D eigenvalue weighted by Gasteiger charge is -2.29. The molecule has 1 saturated carbocycles. The Hall–Kier alpha value is -2.67. The number of allylic oxidation sites excluding steroid dienone is 1. The number of carbonyl (C=O) groups excluding carboxylic acids is 2. The standard InChI is InChI=1S/C23H30N5O6S/c1-16-13-17(34-24-16)15-28-21(29)19-14-18(35(31,32)25-23(2)5-6-23)3-4-20(19)27(22(28)30)8-7-26-9-11-33-12-10-26/h3-4,13-14,18,25H,5-12,15H2,1-2H3/q+1. The van der Waals surface area contributed by atoms with Crippen LogP contribution in [0, 0.1) is 6.92 Å². The Labute approximate surface area is 204 Å². The molecular formula is C23H30N5O6S+. The number of rotatable bonds is 8. The molecule has 0 bridgehead atoms. The minimum absolute atomic E-state index is 0.0887. The van der Waals surface area contributed by atoms with Gasteiger partial charge in [-0.1, -0.05) is 11.2 Å². The second kappa shape index (κ2) is 9.08. The summed E-state index contributed by atoms with van der Waals surface area (Å²) >= 11 is 0. The summed E-state index contributed by atoms with van der Waals surface area (Å²) in [7, 11) is -3.74. The number of carbonyl (C=O) groups is 2. The van der Waals surface area contributed by atoms with Crippen LogP contribution in [0.25, 0.3) is 0 Å². The van der Waals surface area contributed by atoms with Crippen LogP contribution in [0.1, 0.15) is 31.2 Å². The van der Waals surface area contributed by atoms with Crippen molar-refractivity contribution in [1.29, 1.82) is 0 Å². The molecule has 1 saturated heterocycles. The number of nitrogens with one attached hydrogen (secondary N) is 1. The maximum Gasteiger partial charge on any atom is 0.501 e. The van der Waals surface area contributed by atoms with Gasteiger partial charge in [-0.15, -0.1) is 4.90 Å². The number of hydrogen-bond donors (Lipinski definition) is 1. The van der Waals surface area contributed by atoms with E-state index in [1.807, 2.05) is 6.92 Å². The topological polar surface area (TPSA) is 125 Å². The molecule has 0 radical (unpaired) electrons. The van der Waals surface area contributed by atoms with E-state index in [9.17, 15) is 18.0 Å². The number of aryl methyl sites for hydroxylation is 1. The van der Waals surface area contributed by atoms with Crippen molar-refractivity contribution < 1.29 is 31.8 Å². The number of urea groups is 1. The number of morpholine rings is 1. The Morgan fingerprint density at radius 2 is 2.00 bits per heavy atom. The van der Waals surface area contributed by atoms with Crippen molar-refractivity contribution in [3.63, 3.8) is 0 Å². The number of hydrogen-bond acceptors (Lipinski definition) is 8. The zero-order valence-corrected chi connectivity index (χ0v) is 20.7. The molecule has 35 heavy (non-hydrogen) atoms. The van der Waals surface area contributed by atoms with Gasteiger partial charge in [0.05, 0.1) is 18.9 Å². The predicted molar refractivity (Wildman–Crippen MR) is 125 cm³/mol. The smallest absolute Gasteiger partial charge is 0.379 e. The molecule has 4 aliphatic rings. The van der Waals surface area contributed by atoms with E-state index in [0.29, 0.717) is 43.5 Å². The monoisotopic (exact) mass is 504 g/mol. The SMILES string of the molecule is Cc1cc(CN2C(=O)C3=CC(S(=O)(=O)NC4(C)CC4)C=CC3=[N+](CCN3CCOCC3)C2=O)on1. The minimum atomic E-state index is -3.74. The highest BCUT2D eigenvalue weighted by molar-refractivity contribution is 7.90. The van der Waals surface area contributed by atoms with Crippen LogP contribution in [0.2, 0.25) is 0 Å². The lowest BCUT2D eigenvalue weighted by Crippen LogP contribution is -2.53. The fourth-order valence-electron chi connectivity index (χ4n) is 4.44. The highest BCUT2D eigenvalue weighted by Gasteiger charge is 2.48. The second-order valence-electron chi connectivity index (χ2n) is 9.71. The lowest BCUT2D eigenvalue weighted by atomic mass is 9.99. The lowest BCUT2D eigenvalue weighted by molar-refractivity contribution is -0.437. The number of imide groups is 1. The van der Waals surface area contributed by atoms with Gasteiger partial charge in [-0.2, -0.15) is 9.37 Å². The first-order chi connectivity index (χ1) is 16.7. The fraction of sp³-hybridized carbons (Fsp3) is 0.565. The van der Waals surface area contributed by atoms with E-state index in [2.05, 4.69) is 14.8 Å². The van der Waals surface area contributed by atoms with E-state index in [1.165, 1.54) is 12.2 Å². The van der Waals surface area contributed by atoms with Crippen LogP contribution in [-0.4, -0.2) is 95.8 Å². The normalized spacial score (nSPS) is 24.6. The Morgan fingerprint density at radius 3 is 2.66 bits per heavy atom. The molecule has 0 aromatic carbocycles. The maximum absolute atomic E-state index is 13.5. The summed E-state index contributed by atoms with van der Waals surface area (Å²) in [5.74, 6) is -0.177. The van der Waals surface area contributed by atoms with Gasteiger partial charge in [0.25, 0.3) is 0 Å². The molecular weight excluding hydrogens is 474 g/mol. The largest absolute Gasteiger partial charge is 0.501 e. The van der Waals surface area contributed by atoms with Crippen LogP contribution in [-0.2, 0) is 26.1 Å². The predicted octanol–water partition coefficient (Wildman–Crippen LogP) is 0.568. The van der Waals surface area contributed by atoms with Crippen LogP contribution in [0.5, 0.6) is 0 Å². The third kappa shape index (κ3) is 5.01. The first-order valence-corrected chi connectivity index (χ1v) is 13.4. The van der Waals surface area contributed by atoms with Gasteiger partial charge in [0.2, 0.25) is 10.0 Å². The van der Waals surface area contributed by atoms with E-state index in [4.69, 9.17) is 9.26 Å². The summed E-state index contributed by atoms with van der Waals surface area (Å²) in [5.41, 5.74) is 0.824. The van der Waals surface area contributed by atoms with E-state index in [-0.39, 0.29) is 12.1 Å². The van der Waals surface area contributed by atoms with Crippen molar-refractivity contribution in [2.45, 2.75) is 44.0 Å². The molecule has 2 aliphatic heterocycles. The zero-order chi connectivity index (χ0) is 24.8. The van der Waals surface area contributed by atoms with Crippen LogP contribution in [0.4, 0.5) is 4.79 Å². The van der Waals surface area contributed by atoms with Gasteiger partial charge in [0.1, 0.15) is 23.1 Å². The van der Waals surface area contributed by atoms with Gasteiger partial charge < -0.3 is 9.26 Å². The Kier molecular flexibility index (Phi) is 6.24. The number of ether oxygens (including phenoxy) is 1. The van der Waals surface area contributed by atoms with Crippen LogP contribution in [0.15, 0.2) is 34.4 Å². The molecule has 3 heterocycles. The van der Waals surface area contributed by atoms with E-state index in [0.717, 1.165) is 30.8 Å². The molecule has 1 aromatic heterocycles. The Balaban J connectivity index is 1.46. The number of nitrogens with zero attached hydrogens (tertiary/aromatic N) is 4. The minimum Gasteiger partial charge on any atom is -0.379 e. The van der Waals surface area contributed by atoms with Gasteiger partial charge in [0, 0.05) is 31.2 Å². The summed E-state index contributed by atoms with van der Waals surface area (Å²) < 4.78 is 41.0. The van der Waals surface area contributed by atoms with Crippen molar-refractivity contribution >= 4 is 27.7 Å². The quantitative estimate of drug-likeness (QED) is 0.510. The molecule has 2 fully saturated rings. The summed E-state index contributed by atoms with van der Waals surface area (Å²) in [4.78, 5) is 30.2. The summed E-state index contributed by atoms with van der Waals surface area (Å²) in [6.45, 7) is 7.28. The van der Waals surface area contributed by atoms with Gasteiger partial charge in [-0.3, -0.25) is 4.90 Å². The number of amides is 3. The molecule has 1 aromatic rings. The summed E-state index contributed by atoms with van der Waals surface area (Å²) in [6.07, 6.45) is 6.12. The van der Waals surface area contributed by atoms with Gasteiger partial charge in [-0.05, 0) is 38.8 Å². The van der Waals surface area contributed by atoms with E-state index < -0.39 is 32.8 Å². The van der Waals surface area contributed by atoms with Gasteiger partial charge in [0.15, 0.2) is 12.3 Å². The van der Waals surface area contributed by atoms with Crippen molar-refractivity contribution in [1.82, 2.24) is 19.7 Å². The van der Waals surface area contributed by atoms with Gasteiger partial charge in [-0.25, -0.2) is 17.9 Å². The molecule has 12 heteroatoms. The highest BCUT2D eigenvalue weighted by atomic mass is 32.2. The van der Waals surface area contributed by atoms with Crippen LogP contribution in [0.3, 0.4) is 0 Å². The molecule has 11 nitrogen and oxygen atoms in total. The summed E-state index contributed by atoms with van der Waals surface area (Å²) in [6, 6.07) is 1.19. The number of aromatic nitrogens is 1. The van der Waals surface area contributed by atoms with E-state index in [1.54, 1.807) is 23.6 Å². The molecule has 5 rings (SSSR count). The average molecular weight is 505 g/mol. The zero-order valence-electron chi connectivity index (χ0n) is 19.9. The van der Waals surface area contributed by atoms with Crippen LogP contribution < -0.4 is 4.72 Å². The second-order valence-corrected chi connectivity index (χ2v) is 11.5.